The number of benzene rings is 2. The number of aliphatic hydroxyl groups is 1. The Morgan fingerprint density at radius 2 is 1.71 bits per heavy atom. The Balaban J connectivity index is 2.02. The van der Waals surface area contributed by atoms with Crippen molar-refractivity contribution >= 4 is 17.4 Å². The standard InChI is InChI=1S/C25H29NO5/c1-4-15-31-20-12-10-19(11-13-20)23(27)21-22(18-8-6-17(2)7-9-18)26(14-5-16-30-3)25(29)24(21)28/h6-13,22,27H,4-5,14-16H2,1-3H3/b23-21+. The zero-order valence-corrected chi connectivity index (χ0v) is 18.3. The smallest absolute Gasteiger partial charge is 0.295 e. The molecular weight excluding hydrogens is 394 g/mol. The summed E-state index contributed by atoms with van der Waals surface area (Å²) < 4.78 is 10.7. The van der Waals surface area contributed by atoms with E-state index in [0.717, 1.165) is 17.5 Å². The highest BCUT2D eigenvalue weighted by Crippen LogP contribution is 2.39. The van der Waals surface area contributed by atoms with Crippen LogP contribution in [0.4, 0.5) is 0 Å². The maximum absolute atomic E-state index is 13.0. The van der Waals surface area contributed by atoms with Gasteiger partial charge in [-0.2, -0.15) is 0 Å². The fourth-order valence-electron chi connectivity index (χ4n) is 3.67. The lowest BCUT2D eigenvalue weighted by atomic mass is 9.94. The Labute approximate surface area is 183 Å². The van der Waals surface area contributed by atoms with Gasteiger partial charge in [-0.3, -0.25) is 9.59 Å². The van der Waals surface area contributed by atoms with Crippen molar-refractivity contribution in [2.24, 2.45) is 0 Å². The SMILES string of the molecule is CCCOc1ccc(/C(O)=C2\C(=O)C(=O)N(CCCOC)C2c2ccc(C)cc2)cc1. The Morgan fingerprint density at radius 3 is 2.32 bits per heavy atom. The van der Waals surface area contributed by atoms with Gasteiger partial charge in [0.1, 0.15) is 11.5 Å². The predicted molar refractivity (Wildman–Crippen MR) is 119 cm³/mol. The lowest BCUT2D eigenvalue weighted by molar-refractivity contribution is -0.140. The number of carbonyl (C=O) groups excluding carboxylic acids is 2. The number of likely N-dealkylation sites (tertiary alicyclic amines) is 1. The number of rotatable bonds is 9. The fraction of sp³-hybridized carbons (Fsp3) is 0.360. The largest absolute Gasteiger partial charge is 0.507 e. The van der Waals surface area contributed by atoms with Crippen molar-refractivity contribution in [2.75, 3.05) is 26.9 Å². The van der Waals surface area contributed by atoms with E-state index >= 15 is 0 Å². The molecule has 0 bridgehead atoms. The van der Waals surface area contributed by atoms with Gasteiger partial charge in [0.15, 0.2) is 0 Å². The van der Waals surface area contributed by atoms with Gasteiger partial charge >= 0.3 is 0 Å². The molecule has 1 amide bonds. The molecule has 1 aliphatic rings. The first-order chi connectivity index (χ1) is 15.0. The van der Waals surface area contributed by atoms with Crippen molar-refractivity contribution in [1.29, 1.82) is 0 Å². The number of hydrogen-bond acceptors (Lipinski definition) is 5. The number of hydrogen-bond donors (Lipinski definition) is 1. The maximum atomic E-state index is 13.0. The Morgan fingerprint density at radius 1 is 1.03 bits per heavy atom. The van der Waals surface area contributed by atoms with E-state index in [1.54, 1.807) is 31.4 Å². The van der Waals surface area contributed by atoms with Gasteiger partial charge in [0.2, 0.25) is 0 Å². The third kappa shape index (κ3) is 4.97. The highest BCUT2D eigenvalue weighted by molar-refractivity contribution is 6.46. The number of amides is 1. The Bertz CT molecular complexity index is 947. The van der Waals surface area contributed by atoms with Crippen LogP contribution < -0.4 is 4.74 Å². The second-order valence-corrected chi connectivity index (χ2v) is 7.62. The minimum atomic E-state index is -0.674. The van der Waals surface area contributed by atoms with Crippen LogP contribution in [0.2, 0.25) is 0 Å². The third-order valence-corrected chi connectivity index (χ3v) is 5.28. The van der Waals surface area contributed by atoms with Gasteiger partial charge in [0.05, 0.1) is 18.2 Å². The van der Waals surface area contributed by atoms with Crippen LogP contribution in [0, 0.1) is 6.92 Å². The lowest BCUT2D eigenvalue weighted by Crippen LogP contribution is -2.31. The molecule has 2 aromatic rings. The van der Waals surface area contributed by atoms with Crippen LogP contribution in [0.5, 0.6) is 5.75 Å². The molecule has 2 aromatic carbocycles. The van der Waals surface area contributed by atoms with Crippen molar-refractivity contribution < 1.29 is 24.2 Å². The number of carbonyl (C=O) groups is 2. The summed E-state index contributed by atoms with van der Waals surface area (Å²) in [5.41, 5.74) is 2.43. The molecule has 0 saturated carbocycles. The third-order valence-electron chi connectivity index (χ3n) is 5.28. The zero-order valence-electron chi connectivity index (χ0n) is 18.3. The fourth-order valence-corrected chi connectivity index (χ4v) is 3.67. The van der Waals surface area contributed by atoms with Crippen molar-refractivity contribution in [1.82, 2.24) is 4.90 Å². The molecule has 1 fully saturated rings. The van der Waals surface area contributed by atoms with Gasteiger partial charge in [-0.25, -0.2) is 0 Å². The van der Waals surface area contributed by atoms with E-state index in [1.165, 1.54) is 4.90 Å². The number of methoxy groups -OCH3 is 1. The van der Waals surface area contributed by atoms with Crippen molar-refractivity contribution in [3.05, 3.63) is 70.8 Å². The number of Topliss-reactive ketones (excluding diaryl/α,β-unsaturated/α-hetero) is 1. The molecule has 1 N–H and O–H groups in total. The van der Waals surface area contributed by atoms with Crippen LogP contribution in [0.15, 0.2) is 54.1 Å². The van der Waals surface area contributed by atoms with E-state index in [9.17, 15) is 14.7 Å². The molecule has 0 aliphatic carbocycles. The summed E-state index contributed by atoms with van der Waals surface area (Å²) in [7, 11) is 1.60. The van der Waals surface area contributed by atoms with Gasteiger partial charge < -0.3 is 19.5 Å². The molecule has 31 heavy (non-hydrogen) atoms. The first kappa shape index (κ1) is 22.6. The molecule has 0 aromatic heterocycles. The van der Waals surface area contributed by atoms with E-state index in [1.807, 2.05) is 38.1 Å². The minimum absolute atomic E-state index is 0.105. The van der Waals surface area contributed by atoms with E-state index in [0.29, 0.717) is 37.5 Å². The summed E-state index contributed by atoms with van der Waals surface area (Å²) >= 11 is 0. The number of ether oxygens (including phenoxy) is 2. The van der Waals surface area contributed by atoms with Gasteiger partial charge in [-0.15, -0.1) is 0 Å². The van der Waals surface area contributed by atoms with Crippen molar-refractivity contribution in [2.45, 2.75) is 32.7 Å². The Hall–Kier alpha value is -3.12. The lowest BCUT2D eigenvalue weighted by Gasteiger charge is -2.25. The molecule has 1 aliphatic heterocycles. The first-order valence-corrected chi connectivity index (χ1v) is 10.5. The van der Waals surface area contributed by atoms with Gasteiger partial charge in [-0.1, -0.05) is 36.8 Å². The molecule has 6 heteroatoms. The van der Waals surface area contributed by atoms with Gasteiger partial charge in [0, 0.05) is 25.8 Å². The zero-order chi connectivity index (χ0) is 22.4. The van der Waals surface area contributed by atoms with Gasteiger partial charge in [0.25, 0.3) is 11.7 Å². The van der Waals surface area contributed by atoms with Crippen LogP contribution in [-0.4, -0.2) is 48.6 Å². The molecule has 3 rings (SSSR count). The van der Waals surface area contributed by atoms with Crippen molar-refractivity contribution in [3.63, 3.8) is 0 Å². The topological polar surface area (TPSA) is 76.1 Å². The summed E-state index contributed by atoms with van der Waals surface area (Å²) in [6, 6.07) is 13.9. The van der Waals surface area contributed by atoms with E-state index in [-0.39, 0.29) is 11.3 Å². The predicted octanol–water partition coefficient (Wildman–Crippen LogP) is 4.24. The summed E-state index contributed by atoms with van der Waals surface area (Å²) in [5, 5.41) is 11.1. The van der Waals surface area contributed by atoms with Crippen molar-refractivity contribution in [3.8, 4) is 5.75 Å². The van der Waals surface area contributed by atoms with Crippen LogP contribution in [-0.2, 0) is 14.3 Å². The summed E-state index contributed by atoms with van der Waals surface area (Å²) in [6.45, 7) is 5.43. The van der Waals surface area contributed by atoms with Crippen LogP contribution >= 0.6 is 0 Å². The molecule has 164 valence electrons. The van der Waals surface area contributed by atoms with Crippen LogP contribution in [0.3, 0.4) is 0 Å². The molecule has 1 unspecified atom stereocenters. The monoisotopic (exact) mass is 423 g/mol. The summed E-state index contributed by atoms with van der Waals surface area (Å²) in [4.78, 5) is 27.3. The first-order valence-electron chi connectivity index (χ1n) is 10.5. The molecule has 1 saturated heterocycles. The molecule has 0 spiro atoms. The average Bonchev–Trinajstić information content (AvgIpc) is 3.03. The molecule has 1 atom stereocenters. The summed E-state index contributed by atoms with van der Waals surface area (Å²) in [6.07, 6.45) is 1.49. The summed E-state index contributed by atoms with van der Waals surface area (Å²) in [5.74, 6) is -0.772. The molecule has 0 radical (unpaired) electrons. The highest BCUT2D eigenvalue weighted by atomic mass is 16.5. The van der Waals surface area contributed by atoms with Crippen LogP contribution in [0.1, 0.15) is 42.5 Å². The minimum Gasteiger partial charge on any atom is -0.507 e. The van der Waals surface area contributed by atoms with E-state index in [4.69, 9.17) is 9.47 Å². The average molecular weight is 424 g/mol. The number of aryl methyl sites for hydroxylation is 1. The van der Waals surface area contributed by atoms with E-state index < -0.39 is 17.7 Å². The van der Waals surface area contributed by atoms with Gasteiger partial charge in [-0.05, 0) is 49.6 Å². The Kier molecular flexibility index (Phi) is 7.47. The molecule has 1 heterocycles. The second kappa shape index (κ2) is 10.3. The highest BCUT2D eigenvalue weighted by Gasteiger charge is 2.45. The quantitative estimate of drug-likeness (QED) is 0.283. The number of ketones is 1. The van der Waals surface area contributed by atoms with E-state index in [2.05, 4.69) is 0 Å². The maximum Gasteiger partial charge on any atom is 0.295 e. The number of aliphatic hydroxyl groups excluding tert-OH is 1. The van der Waals surface area contributed by atoms with Crippen LogP contribution in [0.25, 0.3) is 5.76 Å². The normalized spacial score (nSPS) is 17.9. The number of nitrogens with zero attached hydrogens (tertiary/aromatic N) is 1. The molecular formula is C25H29NO5. The molecule has 6 nitrogen and oxygen atoms in total. The second-order valence-electron chi connectivity index (χ2n) is 7.62.